The van der Waals surface area contributed by atoms with Crippen molar-refractivity contribution in [2.24, 2.45) is 7.05 Å². The zero-order chi connectivity index (χ0) is 28.3. The Morgan fingerprint density at radius 3 is 2.44 bits per heavy atom. The van der Waals surface area contributed by atoms with Gasteiger partial charge in [-0.25, -0.2) is 16.8 Å². The summed E-state index contributed by atoms with van der Waals surface area (Å²) in [6.45, 7) is 3.48. The number of hydrogen-bond donors (Lipinski definition) is 1. The topological polar surface area (TPSA) is 164 Å². The van der Waals surface area contributed by atoms with Gasteiger partial charge in [-0.1, -0.05) is 6.08 Å². The lowest BCUT2D eigenvalue weighted by Gasteiger charge is -2.28. The molecule has 0 saturated heterocycles. The zero-order valence-electron chi connectivity index (χ0n) is 21.2. The summed E-state index contributed by atoms with van der Waals surface area (Å²) in [5, 5.41) is 20.5. The molecule has 1 aromatic carbocycles. The van der Waals surface area contributed by atoms with E-state index in [1.54, 1.807) is 27.0 Å². The van der Waals surface area contributed by atoms with Crippen LogP contribution in [-0.2, 0) is 27.1 Å². The highest BCUT2D eigenvalue weighted by molar-refractivity contribution is 7.89. The van der Waals surface area contributed by atoms with E-state index in [9.17, 15) is 30.9 Å². The zero-order valence-corrected chi connectivity index (χ0v) is 22.9. The van der Waals surface area contributed by atoms with Gasteiger partial charge in [0.1, 0.15) is 5.54 Å². The van der Waals surface area contributed by atoms with Gasteiger partial charge in [0, 0.05) is 31.1 Å². The van der Waals surface area contributed by atoms with Gasteiger partial charge in [-0.3, -0.25) is 4.68 Å². The lowest BCUT2D eigenvalue weighted by Crippen LogP contribution is -2.39. The molecule has 12 nitrogen and oxygen atoms in total. The smallest absolute Gasteiger partial charge is 0.314 e. The van der Waals surface area contributed by atoms with E-state index in [2.05, 4.69) is 20.0 Å². The fourth-order valence-electron chi connectivity index (χ4n) is 4.47. The van der Waals surface area contributed by atoms with E-state index >= 15 is 0 Å². The van der Waals surface area contributed by atoms with Gasteiger partial charge in [0.2, 0.25) is 20.0 Å². The Morgan fingerprint density at radius 2 is 1.90 bits per heavy atom. The summed E-state index contributed by atoms with van der Waals surface area (Å²) >= 11 is 0. The minimum Gasteiger partial charge on any atom is -0.413 e. The van der Waals surface area contributed by atoms with Gasteiger partial charge in [0.05, 0.1) is 21.7 Å². The van der Waals surface area contributed by atoms with Crippen LogP contribution >= 0.6 is 0 Å². The summed E-state index contributed by atoms with van der Waals surface area (Å²) in [6, 6.07) is 4.76. The van der Waals surface area contributed by atoms with Crippen LogP contribution in [0.5, 0.6) is 0 Å². The summed E-state index contributed by atoms with van der Waals surface area (Å²) < 4.78 is 88.7. The van der Waals surface area contributed by atoms with Crippen molar-refractivity contribution in [3.8, 4) is 17.7 Å². The Balaban J connectivity index is 1.67. The van der Waals surface area contributed by atoms with E-state index in [1.165, 1.54) is 21.1 Å². The van der Waals surface area contributed by atoms with Crippen LogP contribution in [0.2, 0.25) is 0 Å². The van der Waals surface area contributed by atoms with Gasteiger partial charge >= 0.3 is 6.43 Å². The van der Waals surface area contributed by atoms with Gasteiger partial charge < -0.3 is 4.42 Å². The average molecular weight is 582 g/mol. The number of alkyl halides is 2. The van der Waals surface area contributed by atoms with E-state index in [0.717, 1.165) is 0 Å². The molecule has 0 spiro atoms. The van der Waals surface area contributed by atoms with Crippen molar-refractivity contribution in [1.82, 2.24) is 29.0 Å². The van der Waals surface area contributed by atoms with Gasteiger partial charge in [-0.15, -0.1) is 10.2 Å². The molecule has 208 valence electrons. The van der Waals surface area contributed by atoms with E-state index in [0.29, 0.717) is 29.5 Å². The fourth-order valence-corrected chi connectivity index (χ4v) is 7.12. The molecule has 1 aliphatic carbocycles. The third kappa shape index (κ3) is 4.84. The first-order chi connectivity index (χ1) is 18.3. The molecule has 1 aliphatic heterocycles. The molecule has 0 atom stereocenters. The summed E-state index contributed by atoms with van der Waals surface area (Å²) in [7, 11) is -6.09. The average Bonchev–Trinajstić information content (AvgIpc) is 3.31. The molecular weight excluding hydrogens is 556 g/mol. The predicted octanol–water partition coefficient (Wildman–Crippen LogP) is 2.72. The molecule has 2 aromatic heterocycles. The summed E-state index contributed by atoms with van der Waals surface area (Å²) in [6.07, 6.45) is -0.251. The third-order valence-corrected chi connectivity index (χ3v) is 10.6. The van der Waals surface area contributed by atoms with Crippen molar-refractivity contribution in [2.75, 3.05) is 13.1 Å². The predicted molar refractivity (Wildman–Crippen MR) is 135 cm³/mol. The first kappa shape index (κ1) is 27.3. The lowest BCUT2D eigenvalue weighted by atomic mass is 9.97. The van der Waals surface area contributed by atoms with Crippen molar-refractivity contribution < 1.29 is 30.0 Å². The number of benzene rings is 1. The molecule has 39 heavy (non-hydrogen) atoms. The number of fused-ring (bicyclic) bond motifs is 1. The van der Waals surface area contributed by atoms with Crippen molar-refractivity contribution in [3.05, 3.63) is 29.7 Å². The molecule has 0 unspecified atom stereocenters. The maximum Gasteiger partial charge on any atom is 0.314 e. The van der Waals surface area contributed by atoms with Crippen LogP contribution < -0.4 is 4.72 Å². The molecule has 3 heterocycles. The second-order valence-electron chi connectivity index (χ2n) is 9.82. The monoisotopic (exact) mass is 581 g/mol. The molecular formula is C23H25F2N7O5S2. The number of aromatic nitrogens is 4. The number of nitriles is 1. The maximum absolute atomic E-state index is 13.4. The molecule has 1 saturated carbocycles. The van der Waals surface area contributed by atoms with E-state index in [-0.39, 0.29) is 41.4 Å². The van der Waals surface area contributed by atoms with Gasteiger partial charge in [-0.05, 0) is 50.8 Å². The van der Waals surface area contributed by atoms with Crippen LogP contribution in [0.1, 0.15) is 51.0 Å². The van der Waals surface area contributed by atoms with Crippen molar-refractivity contribution in [2.45, 2.75) is 55.2 Å². The molecule has 0 amide bonds. The van der Waals surface area contributed by atoms with Crippen LogP contribution in [-0.4, -0.2) is 65.0 Å². The number of nitrogens with zero attached hydrogens (tertiary/aromatic N) is 6. The second-order valence-corrected chi connectivity index (χ2v) is 14.0. The van der Waals surface area contributed by atoms with Gasteiger partial charge in [0.25, 0.3) is 11.8 Å². The third-order valence-electron chi connectivity index (χ3n) is 6.82. The standard InChI is InChI=1S/C23H25F2N7O5S2/c1-13(2)39(35,36)32-8-4-14(5-9-32)16-10-15(38(33,34)30-23(12-26)6-7-23)11-17-18(29-31(3)19(16)17)21-27-28-22(37-21)20(24)25/h4,10-11,13,20,30H,5-9H2,1-3H3. The van der Waals surface area contributed by atoms with E-state index in [1.807, 2.05) is 6.07 Å². The van der Waals surface area contributed by atoms with E-state index in [4.69, 9.17) is 4.42 Å². The summed E-state index contributed by atoms with van der Waals surface area (Å²) in [5.41, 5.74) is 0.439. The molecule has 1 fully saturated rings. The molecule has 1 N–H and O–H groups in total. The Hall–Kier alpha value is -3.26. The van der Waals surface area contributed by atoms with Gasteiger partial charge in [0.15, 0.2) is 5.69 Å². The minimum atomic E-state index is -4.19. The Kier molecular flexibility index (Phi) is 6.61. The molecule has 2 aliphatic rings. The highest BCUT2D eigenvalue weighted by Gasteiger charge is 2.47. The van der Waals surface area contributed by atoms with Crippen LogP contribution in [0.3, 0.4) is 0 Å². The van der Waals surface area contributed by atoms with Crippen molar-refractivity contribution >= 4 is 36.5 Å². The van der Waals surface area contributed by atoms with Crippen molar-refractivity contribution in [1.29, 1.82) is 5.26 Å². The Labute approximate surface area is 223 Å². The molecule has 0 bridgehead atoms. The molecule has 16 heteroatoms. The van der Waals surface area contributed by atoms with Crippen LogP contribution in [0.15, 0.2) is 27.5 Å². The fraction of sp³-hybridized carbons (Fsp3) is 0.478. The highest BCUT2D eigenvalue weighted by Crippen LogP contribution is 2.39. The Morgan fingerprint density at radius 1 is 1.18 bits per heavy atom. The summed E-state index contributed by atoms with van der Waals surface area (Å²) in [4.78, 5) is -0.174. The molecule has 3 aromatic rings. The van der Waals surface area contributed by atoms with Crippen molar-refractivity contribution in [3.63, 3.8) is 0 Å². The first-order valence-electron chi connectivity index (χ1n) is 12.0. The minimum absolute atomic E-state index is 0.00652. The van der Waals surface area contributed by atoms with Crippen LogP contribution in [0.25, 0.3) is 28.1 Å². The lowest BCUT2D eigenvalue weighted by molar-refractivity contribution is 0.116. The quantitative estimate of drug-likeness (QED) is 0.421. The second kappa shape index (κ2) is 9.44. The van der Waals surface area contributed by atoms with E-state index < -0.39 is 43.2 Å². The number of nitrogens with one attached hydrogen (secondary N) is 1. The maximum atomic E-state index is 13.4. The number of rotatable bonds is 8. The summed E-state index contributed by atoms with van der Waals surface area (Å²) in [5.74, 6) is -1.22. The highest BCUT2D eigenvalue weighted by atomic mass is 32.2. The molecule has 5 rings (SSSR count). The first-order valence-corrected chi connectivity index (χ1v) is 15.0. The Bertz CT molecular complexity index is 1750. The number of sulfonamides is 2. The van der Waals surface area contributed by atoms with Crippen LogP contribution in [0, 0.1) is 11.3 Å². The SMILES string of the molecule is CC(C)S(=O)(=O)N1CC=C(c2cc(S(=O)(=O)NC3(C#N)CC3)cc3c(-c4nnc(C(F)F)o4)nn(C)c23)CC1. The largest absolute Gasteiger partial charge is 0.413 e. The number of halogens is 2. The van der Waals surface area contributed by atoms with Gasteiger partial charge in [-0.2, -0.15) is 28.2 Å². The number of hydrogen-bond acceptors (Lipinski definition) is 9. The molecule has 0 radical (unpaired) electrons. The number of aryl methyl sites for hydroxylation is 1. The normalized spacial score (nSPS) is 18.1. The van der Waals surface area contributed by atoms with Crippen LogP contribution in [0.4, 0.5) is 8.78 Å².